The van der Waals surface area contributed by atoms with Crippen molar-refractivity contribution in [3.8, 4) is 11.4 Å². The highest BCUT2D eigenvalue weighted by Crippen LogP contribution is 2.16. The van der Waals surface area contributed by atoms with Gasteiger partial charge in [-0.3, -0.25) is 0 Å². The molecule has 2 heterocycles. The third kappa shape index (κ3) is 4.26. The lowest BCUT2D eigenvalue weighted by Gasteiger charge is -2.13. The minimum atomic E-state index is 0.351. The lowest BCUT2D eigenvalue weighted by molar-refractivity contribution is 0.371. The molecule has 1 aromatic carbocycles. The number of aryl methyl sites for hydroxylation is 1. The van der Waals surface area contributed by atoms with Crippen LogP contribution in [0.2, 0.25) is 0 Å². The fourth-order valence-electron chi connectivity index (χ4n) is 2.38. The third-order valence-corrected chi connectivity index (χ3v) is 3.65. The van der Waals surface area contributed by atoms with Crippen molar-refractivity contribution in [3.63, 3.8) is 0 Å². The van der Waals surface area contributed by atoms with Crippen LogP contribution in [0.3, 0.4) is 0 Å². The molecule has 0 saturated carbocycles. The quantitative estimate of drug-likeness (QED) is 0.726. The van der Waals surface area contributed by atoms with Gasteiger partial charge in [0, 0.05) is 43.5 Å². The Bertz CT molecular complexity index is 718. The first-order valence-electron chi connectivity index (χ1n) is 7.79. The average molecular weight is 311 g/mol. The van der Waals surface area contributed by atoms with Gasteiger partial charge < -0.3 is 14.4 Å². The summed E-state index contributed by atoms with van der Waals surface area (Å²) in [7, 11) is 0. The van der Waals surface area contributed by atoms with Gasteiger partial charge in [-0.15, -0.1) is 0 Å². The van der Waals surface area contributed by atoms with Crippen LogP contribution in [0.5, 0.6) is 0 Å². The summed E-state index contributed by atoms with van der Waals surface area (Å²) in [6, 6.07) is 8.46. The highest BCUT2D eigenvalue weighted by molar-refractivity contribution is 5.54. The number of nitrogens with one attached hydrogen (secondary N) is 1. The highest BCUT2D eigenvalue weighted by Gasteiger charge is 2.09. The maximum atomic E-state index is 5.32. The molecule has 0 radical (unpaired) electrons. The number of aromatic nitrogens is 4. The number of hydrogen-bond acceptors (Lipinski definition) is 5. The Morgan fingerprint density at radius 3 is 2.83 bits per heavy atom. The summed E-state index contributed by atoms with van der Waals surface area (Å²) in [5.41, 5.74) is 2.19. The zero-order valence-corrected chi connectivity index (χ0v) is 13.4. The number of hydrogen-bond donors (Lipinski definition) is 1. The van der Waals surface area contributed by atoms with Crippen molar-refractivity contribution >= 4 is 0 Å². The molecule has 6 heteroatoms. The monoisotopic (exact) mass is 311 g/mol. The molecular weight excluding hydrogens is 290 g/mol. The van der Waals surface area contributed by atoms with E-state index >= 15 is 0 Å². The Hall–Kier alpha value is -2.47. The summed E-state index contributed by atoms with van der Waals surface area (Å²) in [5, 5.41) is 7.50. The van der Waals surface area contributed by atoms with E-state index in [0.29, 0.717) is 24.2 Å². The zero-order chi connectivity index (χ0) is 16.1. The normalized spacial score (nSPS) is 12.4. The standard InChI is InChI=1S/C17H21N5O/c1-13-3-5-15(6-4-13)17-20-16(23-21-17)7-8-19-14(2)11-22-10-9-18-12-22/h3-6,9-10,12,14,19H,7-8,11H2,1-2H3. The Kier molecular flexibility index (Phi) is 4.83. The van der Waals surface area contributed by atoms with E-state index in [1.54, 1.807) is 6.20 Å². The Morgan fingerprint density at radius 2 is 2.09 bits per heavy atom. The van der Waals surface area contributed by atoms with Crippen LogP contribution in [-0.2, 0) is 13.0 Å². The van der Waals surface area contributed by atoms with Crippen LogP contribution >= 0.6 is 0 Å². The van der Waals surface area contributed by atoms with Gasteiger partial charge in [0.25, 0.3) is 0 Å². The van der Waals surface area contributed by atoms with Crippen molar-refractivity contribution in [1.29, 1.82) is 0 Å². The number of benzene rings is 1. The van der Waals surface area contributed by atoms with E-state index in [2.05, 4.69) is 38.9 Å². The molecule has 0 amide bonds. The summed E-state index contributed by atoms with van der Waals surface area (Å²) >= 11 is 0. The SMILES string of the molecule is Cc1ccc(-c2noc(CCNC(C)Cn3ccnc3)n2)cc1. The smallest absolute Gasteiger partial charge is 0.228 e. The molecule has 0 spiro atoms. The van der Waals surface area contributed by atoms with Crippen LogP contribution in [0.15, 0.2) is 47.5 Å². The predicted octanol–water partition coefficient (Wildman–Crippen LogP) is 2.46. The predicted molar refractivity (Wildman–Crippen MR) is 87.9 cm³/mol. The first-order valence-corrected chi connectivity index (χ1v) is 7.79. The highest BCUT2D eigenvalue weighted by atomic mass is 16.5. The molecule has 6 nitrogen and oxygen atoms in total. The molecule has 120 valence electrons. The van der Waals surface area contributed by atoms with Gasteiger partial charge in [0.2, 0.25) is 11.7 Å². The first kappa shape index (κ1) is 15.4. The van der Waals surface area contributed by atoms with E-state index in [1.165, 1.54) is 5.56 Å². The van der Waals surface area contributed by atoms with Gasteiger partial charge in [-0.2, -0.15) is 4.98 Å². The van der Waals surface area contributed by atoms with E-state index in [1.807, 2.05) is 36.8 Å². The maximum absolute atomic E-state index is 5.32. The largest absolute Gasteiger partial charge is 0.339 e. The van der Waals surface area contributed by atoms with Gasteiger partial charge in [0.15, 0.2) is 0 Å². The molecule has 23 heavy (non-hydrogen) atoms. The van der Waals surface area contributed by atoms with Crippen LogP contribution in [0.4, 0.5) is 0 Å². The Balaban J connectivity index is 1.48. The van der Waals surface area contributed by atoms with E-state index in [0.717, 1.165) is 18.7 Å². The van der Waals surface area contributed by atoms with Gasteiger partial charge in [0.1, 0.15) is 0 Å². The summed E-state index contributed by atoms with van der Waals surface area (Å²) < 4.78 is 7.38. The van der Waals surface area contributed by atoms with Crippen LogP contribution < -0.4 is 5.32 Å². The molecule has 0 aliphatic rings. The summed E-state index contributed by atoms with van der Waals surface area (Å²) in [4.78, 5) is 8.49. The van der Waals surface area contributed by atoms with Crippen LogP contribution in [0.1, 0.15) is 18.4 Å². The molecule has 1 N–H and O–H groups in total. The Labute approximate surface area is 135 Å². The number of imidazole rings is 1. The zero-order valence-electron chi connectivity index (χ0n) is 13.4. The molecule has 0 bridgehead atoms. The van der Waals surface area contributed by atoms with E-state index in [-0.39, 0.29) is 0 Å². The van der Waals surface area contributed by atoms with E-state index in [4.69, 9.17) is 4.52 Å². The minimum Gasteiger partial charge on any atom is -0.339 e. The lowest BCUT2D eigenvalue weighted by atomic mass is 10.1. The molecule has 0 saturated heterocycles. The maximum Gasteiger partial charge on any atom is 0.228 e. The number of nitrogens with zero attached hydrogens (tertiary/aromatic N) is 4. The fourth-order valence-corrected chi connectivity index (χ4v) is 2.38. The summed E-state index contributed by atoms with van der Waals surface area (Å²) in [6.45, 7) is 5.89. The van der Waals surface area contributed by atoms with Crippen molar-refractivity contribution in [2.45, 2.75) is 32.9 Å². The van der Waals surface area contributed by atoms with Crippen molar-refractivity contribution in [3.05, 3.63) is 54.4 Å². The van der Waals surface area contributed by atoms with Gasteiger partial charge in [0.05, 0.1) is 6.33 Å². The van der Waals surface area contributed by atoms with Crippen molar-refractivity contribution < 1.29 is 4.52 Å². The lowest BCUT2D eigenvalue weighted by Crippen LogP contribution is -2.31. The number of rotatable bonds is 7. The first-order chi connectivity index (χ1) is 11.2. The fraction of sp³-hybridized carbons (Fsp3) is 0.353. The molecule has 0 aliphatic heterocycles. The molecular formula is C17H21N5O. The van der Waals surface area contributed by atoms with Crippen molar-refractivity contribution in [1.82, 2.24) is 25.0 Å². The molecule has 3 aromatic rings. The van der Waals surface area contributed by atoms with E-state index < -0.39 is 0 Å². The van der Waals surface area contributed by atoms with E-state index in [9.17, 15) is 0 Å². The second-order valence-corrected chi connectivity index (χ2v) is 5.74. The molecule has 1 atom stereocenters. The average Bonchev–Trinajstić information content (AvgIpc) is 3.20. The molecule has 3 rings (SSSR count). The van der Waals surface area contributed by atoms with Gasteiger partial charge in [-0.1, -0.05) is 35.0 Å². The van der Waals surface area contributed by atoms with Gasteiger partial charge in [-0.25, -0.2) is 4.98 Å². The molecule has 0 fully saturated rings. The molecule has 0 aliphatic carbocycles. The van der Waals surface area contributed by atoms with Crippen LogP contribution in [-0.4, -0.2) is 32.3 Å². The van der Waals surface area contributed by atoms with Gasteiger partial charge in [-0.05, 0) is 13.8 Å². The summed E-state index contributed by atoms with van der Waals surface area (Å²) in [5.74, 6) is 1.30. The Morgan fingerprint density at radius 1 is 1.26 bits per heavy atom. The minimum absolute atomic E-state index is 0.351. The molecule has 1 unspecified atom stereocenters. The van der Waals surface area contributed by atoms with Crippen molar-refractivity contribution in [2.24, 2.45) is 0 Å². The second kappa shape index (κ2) is 7.19. The second-order valence-electron chi connectivity index (χ2n) is 5.74. The third-order valence-electron chi connectivity index (χ3n) is 3.65. The van der Waals surface area contributed by atoms with Crippen LogP contribution in [0, 0.1) is 6.92 Å². The molecule has 2 aromatic heterocycles. The van der Waals surface area contributed by atoms with Crippen LogP contribution in [0.25, 0.3) is 11.4 Å². The van der Waals surface area contributed by atoms with Gasteiger partial charge >= 0.3 is 0 Å². The summed E-state index contributed by atoms with van der Waals surface area (Å²) in [6.07, 6.45) is 6.29. The van der Waals surface area contributed by atoms with Crippen molar-refractivity contribution in [2.75, 3.05) is 6.54 Å². The topological polar surface area (TPSA) is 68.8 Å².